The third-order valence-corrected chi connectivity index (χ3v) is 3.29. The van der Waals surface area contributed by atoms with Crippen LogP contribution in [0, 0.1) is 17.0 Å². The fraction of sp³-hybridized carbons (Fsp3) is 0.235. The Labute approximate surface area is 152 Å². The highest BCUT2D eigenvalue weighted by atomic mass is 19.3. The maximum absolute atomic E-state index is 12.4. The van der Waals surface area contributed by atoms with Gasteiger partial charge >= 0.3 is 12.6 Å². The van der Waals surface area contributed by atoms with Crippen molar-refractivity contribution in [3.63, 3.8) is 0 Å². The molecule has 1 aromatic carbocycles. The molecule has 0 fully saturated rings. The summed E-state index contributed by atoms with van der Waals surface area (Å²) in [7, 11) is 1.18. The van der Waals surface area contributed by atoms with Crippen molar-refractivity contribution < 1.29 is 37.1 Å². The molecule has 0 N–H and O–H groups in total. The number of carbonyl (C=O) groups is 1. The van der Waals surface area contributed by atoms with Crippen molar-refractivity contribution in [3.8, 4) is 11.5 Å². The SMILES string of the molecule is COc1cc(COC(=O)/C=C/c2ccc(C)o2)c([N+](=O)[O-])cc1OC(F)F. The summed E-state index contributed by atoms with van der Waals surface area (Å²) in [4.78, 5) is 22.1. The van der Waals surface area contributed by atoms with Gasteiger partial charge in [0.1, 0.15) is 18.1 Å². The maximum Gasteiger partial charge on any atom is 0.387 e. The van der Waals surface area contributed by atoms with E-state index in [4.69, 9.17) is 13.9 Å². The predicted molar refractivity (Wildman–Crippen MR) is 88.6 cm³/mol. The zero-order chi connectivity index (χ0) is 20.0. The van der Waals surface area contributed by atoms with Crippen LogP contribution in [0.25, 0.3) is 6.08 Å². The standard InChI is InChI=1S/C17H15F2NO7/c1-10-3-4-12(26-10)5-6-16(21)25-9-11-7-14(24-2)15(27-17(18)19)8-13(11)20(22)23/h3-8,17H,9H2,1-2H3/b6-5+. The van der Waals surface area contributed by atoms with E-state index in [1.54, 1.807) is 19.1 Å². The molecule has 0 aliphatic heterocycles. The molecule has 1 heterocycles. The van der Waals surface area contributed by atoms with Crippen molar-refractivity contribution in [3.05, 3.63) is 57.5 Å². The highest BCUT2D eigenvalue weighted by Crippen LogP contribution is 2.36. The molecule has 1 aromatic heterocycles. The van der Waals surface area contributed by atoms with Gasteiger partial charge in [-0.1, -0.05) is 0 Å². The van der Waals surface area contributed by atoms with Gasteiger partial charge in [-0.3, -0.25) is 10.1 Å². The molecule has 2 aromatic rings. The molecule has 2 rings (SSSR count). The molecule has 0 atom stereocenters. The average molecular weight is 383 g/mol. The first-order valence-corrected chi connectivity index (χ1v) is 7.51. The number of ether oxygens (including phenoxy) is 3. The van der Waals surface area contributed by atoms with Gasteiger partial charge in [-0.05, 0) is 31.2 Å². The molecule has 8 nitrogen and oxygen atoms in total. The number of aryl methyl sites for hydroxylation is 1. The van der Waals surface area contributed by atoms with Crippen LogP contribution in [0.2, 0.25) is 0 Å². The predicted octanol–water partition coefficient (Wildman–Crippen LogP) is 3.86. The summed E-state index contributed by atoms with van der Waals surface area (Å²) in [6.07, 6.45) is 2.47. The molecule has 0 aliphatic rings. The van der Waals surface area contributed by atoms with E-state index in [0.717, 1.165) is 18.2 Å². The molecule has 10 heteroatoms. The summed E-state index contributed by atoms with van der Waals surface area (Å²) in [6.45, 7) is -1.91. The number of rotatable bonds is 8. The van der Waals surface area contributed by atoms with E-state index in [-0.39, 0.29) is 11.3 Å². The minimum atomic E-state index is -3.18. The largest absolute Gasteiger partial charge is 0.493 e. The molecule has 0 spiro atoms. The fourth-order valence-corrected chi connectivity index (χ4v) is 2.11. The Bertz CT molecular complexity index is 861. The van der Waals surface area contributed by atoms with Gasteiger partial charge in [0.2, 0.25) is 0 Å². The minimum Gasteiger partial charge on any atom is -0.493 e. The molecule has 0 bridgehead atoms. The van der Waals surface area contributed by atoms with Crippen LogP contribution in [0.5, 0.6) is 11.5 Å². The number of methoxy groups -OCH3 is 1. The number of esters is 1. The van der Waals surface area contributed by atoms with Gasteiger partial charge < -0.3 is 18.6 Å². The molecule has 0 saturated heterocycles. The first-order chi connectivity index (χ1) is 12.8. The van der Waals surface area contributed by atoms with E-state index >= 15 is 0 Å². The molecular weight excluding hydrogens is 368 g/mol. The van der Waals surface area contributed by atoms with Gasteiger partial charge in [0, 0.05) is 6.08 Å². The van der Waals surface area contributed by atoms with Crippen molar-refractivity contribution in [1.82, 2.24) is 0 Å². The number of nitrogens with zero attached hydrogens (tertiary/aromatic N) is 1. The first kappa shape index (κ1) is 19.9. The average Bonchev–Trinajstić information content (AvgIpc) is 3.03. The maximum atomic E-state index is 12.4. The lowest BCUT2D eigenvalue weighted by Crippen LogP contribution is -2.07. The number of furan rings is 1. The van der Waals surface area contributed by atoms with Crippen LogP contribution in [-0.4, -0.2) is 24.6 Å². The van der Waals surface area contributed by atoms with Crippen LogP contribution in [0.4, 0.5) is 14.5 Å². The van der Waals surface area contributed by atoms with Crippen LogP contribution in [0.1, 0.15) is 17.1 Å². The van der Waals surface area contributed by atoms with Gasteiger partial charge in [0.05, 0.1) is 23.7 Å². The number of benzene rings is 1. The number of hydrogen-bond acceptors (Lipinski definition) is 7. The molecule has 0 unspecified atom stereocenters. The molecular formula is C17H15F2NO7. The highest BCUT2D eigenvalue weighted by molar-refractivity contribution is 5.86. The second-order valence-electron chi connectivity index (χ2n) is 5.16. The molecule has 0 radical (unpaired) electrons. The van der Waals surface area contributed by atoms with Crippen LogP contribution < -0.4 is 9.47 Å². The zero-order valence-corrected chi connectivity index (χ0v) is 14.3. The van der Waals surface area contributed by atoms with Crippen molar-refractivity contribution >= 4 is 17.7 Å². The lowest BCUT2D eigenvalue weighted by Gasteiger charge is -2.12. The van der Waals surface area contributed by atoms with E-state index in [0.29, 0.717) is 11.5 Å². The first-order valence-electron chi connectivity index (χ1n) is 7.51. The Morgan fingerprint density at radius 1 is 1.33 bits per heavy atom. The quantitative estimate of drug-likeness (QED) is 0.295. The number of halogens is 2. The van der Waals surface area contributed by atoms with Crippen molar-refractivity contribution in [2.45, 2.75) is 20.1 Å². The Hall–Kier alpha value is -3.43. The normalized spacial score (nSPS) is 11.0. The molecule has 0 aliphatic carbocycles. The third kappa shape index (κ3) is 5.53. The van der Waals surface area contributed by atoms with Crippen molar-refractivity contribution in [2.75, 3.05) is 7.11 Å². The Kier molecular flexibility index (Phi) is 6.47. The number of nitro benzene ring substituents is 1. The second-order valence-corrected chi connectivity index (χ2v) is 5.16. The third-order valence-electron chi connectivity index (χ3n) is 3.29. The summed E-state index contributed by atoms with van der Waals surface area (Å²) in [5.74, 6) is -0.330. The monoisotopic (exact) mass is 383 g/mol. The summed E-state index contributed by atoms with van der Waals surface area (Å²) in [5, 5.41) is 11.2. The number of carbonyl (C=O) groups excluding carboxylic acids is 1. The van der Waals surface area contributed by atoms with E-state index in [2.05, 4.69) is 4.74 Å². The minimum absolute atomic E-state index is 0.0472. The van der Waals surface area contributed by atoms with Gasteiger partial charge in [-0.25, -0.2) is 4.79 Å². The van der Waals surface area contributed by atoms with Crippen LogP contribution in [-0.2, 0) is 16.1 Å². The van der Waals surface area contributed by atoms with Gasteiger partial charge in [-0.2, -0.15) is 8.78 Å². The fourth-order valence-electron chi connectivity index (χ4n) is 2.11. The lowest BCUT2D eigenvalue weighted by atomic mass is 10.1. The summed E-state index contributed by atoms with van der Waals surface area (Å²) in [6, 6.07) is 5.25. The van der Waals surface area contributed by atoms with Gasteiger partial charge in [-0.15, -0.1) is 0 Å². The Balaban J connectivity index is 2.15. The van der Waals surface area contributed by atoms with Crippen LogP contribution in [0.15, 0.2) is 34.8 Å². The van der Waals surface area contributed by atoms with E-state index in [9.17, 15) is 23.7 Å². The van der Waals surface area contributed by atoms with Crippen LogP contribution in [0.3, 0.4) is 0 Å². The van der Waals surface area contributed by atoms with Gasteiger partial charge in [0.25, 0.3) is 5.69 Å². The topological polar surface area (TPSA) is 101 Å². The number of nitro groups is 1. The van der Waals surface area contributed by atoms with Crippen LogP contribution >= 0.6 is 0 Å². The Morgan fingerprint density at radius 3 is 2.63 bits per heavy atom. The van der Waals surface area contributed by atoms with E-state index < -0.39 is 35.5 Å². The lowest BCUT2D eigenvalue weighted by molar-refractivity contribution is -0.386. The highest BCUT2D eigenvalue weighted by Gasteiger charge is 2.22. The number of hydrogen-bond donors (Lipinski definition) is 0. The van der Waals surface area contributed by atoms with Crippen molar-refractivity contribution in [2.24, 2.45) is 0 Å². The number of alkyl halides is 2. The van der Waals surface area contributed by atoms with E-state index in [1.165, 1.54) is 13.2 Å². The molecule has 0 amide bonds. The zero-order valence-electron chi connectivity index (χ0n) is 14.3. The molecule has 27 heavy (non-hydrogen) atoms. The summed E-state index contributed by atoms with van der Waals surface area (Å²) < 4.78 is 44.1. The van der Waals surface area contributed by atoms with Crippen molar-refractivity contribution in [1.29, 1.82) is 0 Å². The second kappa shape index (κ2) is 8.79. The summed E-state index contributed by atoms with van der Waals surface area (Å²) in [5.41, 5.74) is -0.598. The molecule has 0 saturated carbocycles. The van der Waals surface area contributed by atoms with E-state index in [1.807, 2.05) is 0 Å². The smallest absolute Gasteiger partial charge is 0.387 e. The molecule has 144 valence electrons. The Morgan fingerprint density at radius 2 is 2.07 bits per heavy atom. The van der Waals surface area contributed by atoms with Gasteiger partial charge in [0.15, 0.2) is 11.5 Å². The summed E-state index contributed by atoms with van der Waals surface area (Å²) >= 11 is 0.